The summed E-state index contributed by atoms with van der Waals surface area (Å²) in [5.74, 6) is -0.713. The van der Waals surface area contributed by atoms with Crippen LogP contribution >= 0.6 is 0 Å². The SMILES string of the molecule is CCCCCCCCCCCCCCC/C=C/CC/C=C/C(O)C(COC1OC(CO)C(O)C(OS(=O)(=O)O)C1O)NC(=O)C(O)CCCCCCCCCCCC. The van der Waals surface area contributed by atoms with Crippen molar-refractivity contribution in [2.45, 2.75) is 236 Å². The number of unbranched alkanes of at least 4 members (excludes halogenated alkanes) is 23. The Labute approximate surface area is 351 Å². The van der Waals surface area contributed by atoms with E-state index in [0.717, 1.165) is 38.5 Å². The van der Waals surface area contributed by atoms with Gasteiger partial charge < -0.3 is 40.3 Å². The minimum absolute atomic E-state index is 0.239. The molecule has 8 unspecified atom stereocenters. The van der Waals surface area contributed by atoms with Crippen molar-refractivity contribution in [3.63, 3.8) is 0 Å². The second kappa shape index (κ2) is 35.2. The van der Waals surface area contributed by atoms with Crippen LogP contribution in [0.3, 0.4) is 0 Å². The molecule has 0 aromatic carbocycles. The number of hydrogen-bond acceptors (Lipinski definition) is 11. The monoisotopic (exact) mass is 850 g/mol. The molecule has 1 rings (SSSR count). The Balaban J connectivity index is 2.61. The first-order valence-electron chi connectivity index (χ1n) is 22.8. The topological polar surface area (TPSA) is 212 Å². The van der Waals surface area contributed by atoms with Crippen LogP contribution in [0.2, 0.25) is 0 Å². The average Bonchev–Trinajstić information content (AvgIpc) is 3.19. The van der Waals surface area contributed by atoms with Crippen LogP contribution in [0.1, 0.15) is 187 Å². The second-order valence-electron chi connectivity index (χ2n) is 16.1. The van der Waals surface area contributed by atoms with Crippen molar-refractivity contribution in [2.24, 2.45) is 0 Å². The number of aliphatic hydroxyl groups is 5. The molecule has 1 amide bonds. The van der Waals surface area contributed by atoms with Gasteiger partial charge in [-0.3, -0.25) is 9.35 Å². The lowest BCUT2D eigenvalue weighted by molar-refractivity contribution is -0.298. The zero-order valence-corrected chi connectivity index (χ0v) is 36.8. The van der Waals surface area contributed by atoms with Gasteiger partial charge >= 0.3 is 10.4 Å². The molecule has 0 saturated carbocycles. The molecule has 342 valence electrons. The molecule has 13 nitrogen and oxygen atoms in total. The zero-order valence-electron chi connectivity index (χ0n) is 36.0. The van der Waals surface area contributed by atoms with E-state index in [0.29, 0.717) is 12.8 Å². The summed E-state index contributed by atoms with van der Waals surface area (Å²) in [4.78, 5) is 13.0. The fourth-order valence-electron chi connectivity index (χ4n) is 7.18. The Hall–Kier alpha value is -1.46. The average molecular weight is 850 g/mol. The summed E-state index contributed by atoms with van der Waals surface area (Å²) in [7, 11) is -5.12. The first-order valence-corrected chi connectivity index (χ1v) is 24.2. The summed E-state index contributed by atoms with van der Waals surface area (Å²) in [5, 5.41) is 55.0. The second-order valence-corrected chi connectivity index (χ2v) is 17.2. The van der Waals surface area contributed by atoms with Crippen LogP contribution in [0.4, 0.5) is 0 Å². The minimum Gasteiger partial charge on any atom is -0.394 e. The lowest BCUT2D eigenvalue weighted by Crippen LogP contribution is -2.61. The van der Waals surface area contributed by atoms with Gasteiger partial charge in [0.25, 0.3) is 0 Å². The highest BCUT2D eigenvalue weighted by Gasteiger charge is 2.48. The maximum Gasteiger partial charge on any atom is 0.397 e. The predicted octanol–water partition coefficient (Wildman–Crippen LogP) is 7.52. The highest BCUT2D eigenvalue weighted by Crippen LogP contribution is 2.26. The fraction of sp³-hybridized carbons (Fsp3) is 0.886. The van der Waals surface area contributed by atoms with Gasteiger partial charge in [0, 0.05) is 0 Å². The van der Waals surface area contributed by atoms with Crippen LogP contribution in [0.25, 0.3) is 0 Å². The molecule has 0 radical (unpaired) electrons. The molecule has 0 spiro atoms. The third-order valence-electron chi connectivity index (χ3n) is 10.8. The first kappa shape index (κ1) is 54.6. The van der Waals surface area contributed by atoms with Crippen molar-refractivity contribution in [1.82, 2.24) is 5.32 Å². The standard InChI is InChI=1S/C44H83NO12S/c1-3-5-7-9-11-13-15-16-17-18-19-20-21-22-23-25-26-28-30-32-37(47)36(45-43(51)38(48)33-31-29-27-24-14-12-10-8-6-4-2)35-55-44-41(50)42(57-58(52,53)54)40(49)39(34-46)56-44/h23,25,30,32,36-42,44,46-50H,3-22,24,26-29,31,33-35H2,1-2H3,(H,45,51)(H,52,53,54)/b25-23+,32-30+. The molecule has 58 heavy (non-hydrogen) atoms. The molecule has 8 atom stereocenters. The number of carbonyl (C=O) groups is 1. The van der Waals surface area contributed by atoms with E-state index in [1.165, 1.54) is 122 Å². The van der Waals surface area contributed by atoms with Crippen molar-refractivity contribution in [1.29, 1.82) is 0 Å². The van der Waals surface area contributed by atoms with E-state index in [2.05, 4.69) is 35.5 Å². The highest BCUT2D eigenvalue weighted by atomic mass is 32.3. The molecule has 1 saturated heterocycles. The normalized spacial score (nSPS) is 21.8. The van der Waals surface area contributed by atoms with Gasteiger partial charge in [-0.2, -0.15) is 8.42 Å². The minimum atomic E-state index is -5.12. The molecule has 0 aliphatic carbocycles. The van der Waals surface area contributed by atoms with Gasteiger partial charge in [0.05, 0.1) is 25.4 Å². The molecular weight excluding hydrogens is 767 g/mol. The summed E-state index contributed by atoms with van der Waals surface area (Å²) in [6, 6.07) is -1.13. The molecule has 7 N–H and O–H groups in total. The van der Waals surface area contributed by atoms with Crippen LogP contribution in [-0.2, 0) is 28.9 Å². The van der Waals surface area contributed by atoms with Crippen LogP contribution in [0, 0.1) is 0 Å². The Kier molecular flexibility index (Phi) is 33.1. The van der Waals surface area contributed by atoms with E-state index in [-0.39, 0.29) is 6.42 Å². The Morgan fingerprint density at radius 2 is 1.16 bits per heavy atom. The molecule has 1 aliphatic rings. The van der Waals surface area contributed by atoms with Gasteiger partial charge in [-0.05, 0) is 32.1 Å². The lowest BCUT2D eigenvalue weighted by atomic mass is 9.99. The molecule has 0 aromatic heterocycles. The van der Waals surface area contributed by atoms with Gasteiger partial charge in [0.2, 0.25) is 5.91 Å². The van der Waals surface area contributed by atoms with Crippen LogP contribution in [0.15, 0.2) is 24.3 Å². The summed E-state index contributed by atoms with van der Waals surface area (Å²) in [5.41, 5.74) is 0. The van der Waals surface area contributed by atoms with Gasteiger partial charge in [0.15, 0.2) is 6.29 Å². The molecular formula is C44H83NO12S. The zero-order chi connectivity index (χ0) is 42.9. The summed E-state index contributed by atoms with van der Waals surface area (Å²) < 4.78 is 47.4. The van der Waals surface area contributed by atoms with E-state index in [4.69, 9.17) is 14.0 Å². The van der Waals surface area contributed by atoms with Crippen LogP contribution in [-0.4, -0.2) is 107 Å². The van der Waals surface area contributed by atoms with Gasteiger partial charge in [-0.25, -0.2) is 4.18 Å². The van der Waals surface area contributed by atoms with Crippen molar-refractivity contribution in [3.8, 4) is 0 Å². The molecule has 0 bridgehead atoms. The van der Waals surface area contributed by atoms with Crippen molar-refractivity contribution in [3.05, 3.63) is 24.3 Å². The van der Waals surface area contributed by atoms with Gasteiger partial charge in [0.1, 0.15) is 30.5 Å². The summed E-state index contributed by atoms with van der Waals surface area (Å²) >= 11 is 0. The predicted molar refractivity (Wildman–Crippen MR) is 228 cm³/mol. The molecule has 1 heterocycles. The van der Waals surface area contributed by atoms with Crippen molar-refractivity contribution < 1.29 is 57.0 Å². The van der Waals surface area contributed by atoms with Gasteiger partial charge in [-0.15, -0.1) is 0 Å². The third-order valence-corrected chi connectivity index (χ3v) is 11.3. The number of rotatable bonds is 38. The van der Waals surface area contributed by atoms with E-state index in [1.807, 2.05) is 0 Å². The maximum atomic E-state index is 13.0. The molecule has 1 fully saturated rings. The third kappa shape index (κ3) is 27.4. The summed E-state index contributed by atoms with van der Waals surface area (Å²) in [6.07, 6.45) is 27.1. The number of allylic oxidation sites excluding steroid dienone is 3. The largest absolute Gasteiger partial charge is 0.397 e. The summed E-state index contributed by atoms with van der Waals surface area (Å²) in [6.45, 7) is 3.17. The van der Waals surface area contributed by atoms with Crippen LogP contribution < -0.4 is 5.32 Å². The maximum absolute atomic E-state index is 13.0. The quantitative estimate of drug-likeness (QED) is 0.0183. The van der Waals surface area contributed by atoms with Crippen LogP contribution in [0.5, 0.6) is 0 Å². The number of hydrogen-bond donors (Lipinski definition) is 7. The number of aliphatic hydroxyl groups excluding tert-OH is 5. The van der Waals surface area contributed by atoms with E-state index < -0.39 is 78.5 Å². The lowest BCUT2D eigenvalue weighted by Gasteiger charge is -2.41. The smallest absolute Gasteiger partial charge is 0.394 e. The van der Waals surface area contributed by atoms with E-state index in [1.54, 1.807) is 6.08 Å². The van der Waals surface area contributed by atoms with Gasteiger partial charge in [-0.1, -0.05) is 179 Å². The Bertz CT molecular complexity index is 1160. The fourth-order valence-corrected chi connectivity index (χ4v) is 7.69. The van der Waals surface area contributed by atoms with E-state index in [9.17, 15) is 38.7 Å². The molecule has 14 heteroatoms. The number of nitrogens with one attached hydrogen (secondary N) is 1. The van der Waals surface area contributed by atoms with Crippen molar-refractivity contribution in [2.75, 3.05) is 13.2 Å². The first-order chi connectivity index (χ1) is 27.9. The Morgan fingerprint density at radius 1 is 0.690 bits per heavy atom. The highest BCUT2D eigenvalue weighted by molar-refractivity contribution is 7.80. The molecule has 0 aromatic rings. The molecule has 1 aliphatic heterocycles. The number of ether oxygens (including phenoxy) is 2. The number of amides is 1. The number of carbonyl (C=O) groups excluding carboxylic acids is 1. The van der Waals surface area contributed by atoms with Crippen molar-refractivity contribution >= 4 is 16.3 Å². The Morgan fingerprint density at radius 3 is 1.66 bits per heavy atom. The van der Waals surface area contributed by atoms with E-state index >= 15 is 0 Å².